The highest BCUT2D eigenvalue weighted by Gasteiger charge is 2.55. The van der Waals surface area contributed by atoms with Crippen LogP contribution in [0.1, 0.15) is 74.3 Å². The lowest BCUT2D eigenvalue weighted by Crippen LogP contribution is -2.41. The number of ether oxygens (including phenoxy) is 1. The number of allylic oxidation sites excluding steroid dienone is 1. The van der Waals surface area contributed by atoms with Gasteiger partial charge in [0.2, 0.25) is 0 Å². The van der Waals surface area contributed by atoms with Crippen LogP contribution in [0.15, 0.2) is 41.3 Å². The van der Waals surface area contributed by atoms with Gasteiger partial charge in [-0.3, -0.25) is 0 Å². The fourth-order valence-corrected chi connectivity index (χ4v) is 3.60. The lowest BCUT2D eigenvalue weighted by molar-refractivity contribution is 0.00578. The highest BCUT2D eigenvalue weighted by atomic mass is 16.7. The Morgan fingerprint density at radius 3 is 1.68 bits per heavy atom. The molecule has 1 aromatic carbocycles. The number of hydrogen-bond donors (Lipinski definition) is 0. The first-order valence-electron chi connectivity index (χ1n) is 11.3. The van der Waals surface area contributed by atoms with Crippen LogP contribution in [0.25, 0.3) is 0 Å². The molecule has 0 bridgehead atoms. The molecule has 5 nitrogen and oxygen atoms in total. The van der Waals surface area contributed by atoms with Crippen LogP contribution in [0.2, 0.25) is 0 Å². The average molecular weight is 428 g/mol. The summed E-state index contributed by atoms with van der Waals surface area (Å²) in [4.78, 5) is 0. The van der Waals surface area contributed by atoms with Gasteiger partial charge in [0.25, 0.3) is 0 Å². The molecule has 2 aliphatic rings. The summed E-state index contributed by atoms with van der Waals surface area (Å²) in [6.07, 6.45) is 0.680. The van der Waals surface area contributed by atoms with E-state index in [2.05, 4.69) is 74.4 Å². The summed E-state index contributed by atoms with van der Waals surface area (Å²) in [5.41, 5.74) is 1.57. The normalized spacial score (nSPS) is 24.4. The Hall–Kier alpha value is -1.11. The molecule has 0 aromatic heterocycles. The zero-order chi connectivity index (χ0) is 23.1. The van der Waals surface area contributed by atoms with Crippen LogP contribution in [0.3, 0.4) is 0 Å². The van der Waals surface area contributed by atoms with Gasteiger partial charge < -0.3 is 23.4 Å². The Bertz CT molecular complexity index is 769. The van der Waals surface area contributed by atoms with Gasteiger partial charge in [-0.1, -0.05) is 30.3 Å². The predicted molar refractivity (Wildman–Crippen MR) is 126 cm³/mol. The summed E-state index contributed by atoms with van der Waals surface area (Å²) in [5.74, 6) is 0. The molecule has 0 saturated carbocycles. The Labute approximate surface area is 189 Å². The van der Waals surface area contributed by atoms with Crippen LogP contribution >= 0.6 is 0 Å². The predicted octanol–water partition coefficient (Wildman–Crippen LogP) is 5.17. The van der Waals surface area contributed by atoms with Crippen LogP contribution in [-0.4, -0.2) is 43.2 Å². The molecule has 31 heavy (non-hydrogen) atoms. The summed E-state index contributed by atoms with van der Waals surface area (Å²) in [7, 11) is -0.891. The van der Waals surface area contributed by atoms with Crippen molar-refractivity contribution >= 4 is 14.2 Å². The minimum atomic E-state index is -0.454. The van der Waals surface area contributed by atoms with Crippen molar-refractivity contribution in [3.05, 3.63) is 46.8 Å². The Morgan fingerprint density at radius 1 is 0.742 bits per heavy atom. The molecule has 0 amide bonds. The summed E-state index contributed by atoms with van der Waals surface area (Å²) >= 11 is 0. The molecule has 0 radical (unpaired) electrons. The van der Waals surface area contributed by atoms with Crippen molar-refractivity contribution in [3.63, 3.8) is 0 Å². The molecular weight excluding hydrogens is 390 g/mol. The highest BCUT2D eigenvalue weighted by molar-refractivity contribution is 6.62. The van der Waals surface area contributed by atoms with E-state index in [1.54, 1.807) is 0 Å². The van der Waals surface area contributed by atoms with Crippen LogP contribution in [0.4, 0.5) is 0 Å². The summed E-state index contributed by atoms with van der Waals surface area (Å²) in [6.45, 7) is 19.7. The molecule has 170 valence electrons. The summed E-state index contributed by atoms with van der Waals surface area (Å²) in [6, 6.07) is 10.2. The second kappa shape index (κ2) is 8.68. The quantitative estimate of drug-likeness (QED) is 0.443. The van der Waals surface area contributed by atoms with Gasteiger partial charge in [-0.2, -0.15) is 0 Å². The maximum absolute atomic E-state index is 6.38. The third kappa shape index (κ3) is 5.12. The molecular formula is C24H38B2O5. The third-order valence-electron chi connectivity index (χ3n) is 7.28. The molecule has 2 aliphatic heterocycles. The largest absolute Gasteiger partial charge is 0.489 e. The Kier molecular flexibility index (Phi) is 6.87. The molecule has 0 atom stereocenters. The molecule has 0 spiro atoms. The molecule has 0 unspecified atom stereocenters. The van der Waals surface area contributed by atoms with E-state index in [0.29, 0.717) is 19.6 Å². The van der Waals surface area contributed by atoms with Crippen molar-refractivity contribution < 1.29 is 23.4 Å². The van der Waals surface area contributed by atoms with Crippen molar-refractivity contribution in [1.29, 1.82) is 0 Å². The van der Waals surface area contributed by atoms with Crippen molar-refractivity contribution in [3.8, 4) is 0 Å². The minimum absolute atomic E-state index is 0.399. The van der Waals surface area contributed by atoms with E-state index in [1.165, 1.54) is 0 Å². The summed E-state index contributed by atoms with van der Waals surface area (Å²) < 4.78 is 31.4. The molecule has 0 N–H and O–H groups in total. The lowest BCUT2D eigenvalue weighted by Gasteiger charge is -2.32. The van der Waals surface area contributed by atoms with Gasteiger partial charge in [0.05, 0.1) is 35.6 Å². The second-order valence-electron chi connectivity index (χ2n) is 10.7. The molecule has 1 aromatic rings. The van der Waals surface area contributed by atoms with E-state index in [0.717, 1.165) is 16.5 Å². The average Bonchev–Trinajstić information content (AvgIpc) is 3.01. The SMILES string of the molecule is C/C(B1OC(C)(C)C(C)(C)O1)=C(\CCOCc1ccccc1)B1OC(C)(C)C(C)(C)O1. The van der Waals surface area contributed by atoms with Gasteiger partial charge in [0.1, 0.15) is 0 Å². The molecule has 7 heteroatoms. The highest BCUT2D eigenvalue weighted by Crippen LogP contribution is 2.42. The summed E-state index contributed by atoms with van der Waals surface area (Å²) in [5, 5.41) is 0. The van der Waals surface area contributed by atoms with E-state index >= 15 is 0 Å². The van der Waals surface area contributed by atoms with Gasteiger partial charge in [0, 0.05) is 0 Å². The first-order valence-corrected chi connectivity index (χ1v) is 11.3. The monoisotopic (exact) mass is 428 g/mol. The topological polar surface area (TPSA) is 46.2 Å². The van der Waals surface area contributed by atoms with E-state index in [9.17, 15) is 0 Å². The van der Waals surface area contributed by atoms with Crippen LogP contribution in [0, 0.1) is 0 Å². The van der Waals surface area contributed by atoms with Crippen molar-refractivity contribution in [1.82, 2.24) is 0 Å². The van der Waals surface area contributed by atoms with E-state index in [-0.39, 0.29) is 0 Å². The van der Waals surface area contributed by atoms with Crippen molar-refractivity contribution in [2.45, 2.75) is 97.7 Å². The molecule has 3 rings (SSSR count). The number of benzene rings is 1. The second-order valence-corrected chi connectivity index (χ2v) is 10.7. The zero-order valence-electron chi connectivity index (χ0n) is 20.7. The Morgan fingerprint density at radius 2 is 1.19 bits per heavy atom. The third-order valence-corrected chi connectivity index (χ3v) is 7.28. The van der Waals surface area contributed by atoms with E-state index in [4.69, 9.17) is 23.4 Å². The first-order chi connectivity index (χ1) is 14.3. The minimum Gasteiger partial charge on any atom is -0.400 e. The van der Waals surface area contributed by atoms with Gasteiger partial charge in [-0.25, -0.2) is 0 Å². The van der Waals surface area contributed by atoms with Gasteiger partial charge in [-0.05, 0) is 85.2 Å². The van der Waals surface area contributed by atoms with Crippen LogP contribution in [-0.2, 0) is 30.0 Å². The van der Waals surface area contributed by atoms with Gasteiger partial charge in [0.15, 0.2) is 0 Å². The molecule has 2 heterocycles. The molecule has 2 fully saturated rings. The number of rotatable bonds is 7. The molecule has 2 saturated heterocycles. The van der Waals surface area contributed by atoms with Gasteiger partial charge in [-0.15, -0.1) is 0 Å². The van der Waals surface area contributed by atoms with Crippen molar-refractivity contribution in [2.24, 2.45) is 0 Å². The lowest BCUT2D eigenvalue weighted by atomic mass is 9.64. The van der Waals surface area contributed by atoms with Crippen molar-refractivity contribution in [2.75, 3.05) is 6.61 Å². The standard InChI is InChI=1S/C24H38B2O5/c1-18(25-28-21(2,3)22(4,5)29-25)20(26-30-23(6,7)24(8,9)31-26)15-16-27-17-19-13-11-10-12-14-19/h10-14H,15-17H2,1-9H3/b20-18-. The fraction of sp³-hybridized carbons (Fsp3) is 0.667. The maximum Gasteiger partial charge on any atom is 0.489 e. The first kappa shape index (κ1) is 24.5. The smallest absolute Gasteiger partial charge is 0.400 e. The molecule has 0 aliphatic carbocycles. The zero-order valence-corrected chi connectivity index (χ0v) is 20.7. The van der Waals surface area contributed by atoms with E-state index in [1.807, 2.05) is 18.2 Å². The van der Waals surface area contributed by atoms with Crippen LogP contribution in [0.5, 0.6) is 0 Å². The Balaban J connectivity index is 1.78. The number of hydrogen-bond acceptors (Lipinski definition) is 5. The fourth-order valence-electron chi connectivity index (χ4n) is 3.60. The maximum atomic E-state index is 6.38. The van der Waals surface area contributed by atoms with E-state index < -0.39 is 36.6 Å². The van der Waals surface area contributed by atoms with Gasteiger partial charge >= 0.3 is 14.2 Å². The van der Waals surface area contributed by atoms with Crippen LogP contribution < -0.4 is 0 Å².